The molecule has 2 aromatic carbocycles. The molecule has 0 radical (unpaired) electrons. The van der Waals surface area contributed by atoms with Gasteiger partial charge >= 0.3 is 0 Å². The molecular formula is C19H16BrNO3S2. The molecule has 1 aromatic heterocycles. The molecule has 1 N–H and O–H groups in total. The fourth-order valence-corrected chi connectivity index (χ4v) is 4.30. The van der Waals surface area contributed by atoms with Crippen molar-refractivity contribution in [2.24, 2.45) is 0 Å². The molecule has 0 saturated carbocycles. The van der Waals surface area contributed by atoms with Gasteiger partial charge in [0.25, 0.3) is 0 Å². The number of amides is 1. The number of thiophene rings is 1. The molecule has 4 nitrogen and oxygen atoms in total. The summed E-state index contributed by atoms with van der Waals surface area (Å²) in [5.74, 6) is -0.139. The van der Waals surface area contributed by atoms with Gasteiger partial charge in [-0.15, -0.1) is 11.3 Å². The van der Waals surface area contributed by atoms with Gasteiger partial charge in [-0.25, -0.2) is 8.42 Å². The number of carbonyl (C=O) groups excluding carboxylic acids is 1. The van der Waals surface area contributed by atoms with Crippen molar-refractivity contribution in [1.82, 2.24) is 0 Å². The summed E-state index contributed by atoms with van der Waals surface area (Å²) in [5, 5.41) is 5.66. The van der Waals surface area contributed by atoms with Crippen LogP contribution in [0.5, 0.6) is 0 Å². The van der Waals surface area contributed by atoms with Crippen molar-refractivity contribution >= 4 is 48.0 Å². The van der Waals surface area contributed by atoms with Crippen molar-refractivity contribution in [3.63, 3.8) is 0 Å². The maximum Gasteiger partial charge on any atom is 0.229 e. The monoisotopic (exact) mass is 449 g/mol. The van der Waals surface area contributed by atoms with Gasteiger partial charge in [0.1, 0.15) is 0 Å². The van der Waals surface area contributed by atoms with Crippen LogP contribution in [0.25, 0.3) is 11.1 Å². The number of anilines is 1. The molecule has 0 saturated heterocycles. The van der Waals surface area contributed by atoms with Crippen molar-refractivity contribution in [3.05, 3.63) is 70.0 Å². The van der Waals surface area contributed by atoms with Crippen LogP contribution in [0.15, 0.2) is 69.3 Å². The van der Waals surface area contributed by atoms with Crippen molar-refractivity contribution in [2.45, 2.75) is 11.3 Å². The van der Waals surface area contributed by atoms with E-state index in [9.17, 15) is 13.2 Å². The minimum Gasteiger partial charge on any atom is -0.317 e. The molecule has 1 heterocycles. The Labute approximate surface area is 164 Å². The van der Waals surface area contributed by atoms with Gasteiger partial charge in [0.2, 0.25) is 5.91 Å². The van der Waals surface area contributed by atoms with Crippen LogP contribution in [-0.4, -0.2) is 20.6 Å². The zero-order valence-electron chi connectivity index (χ0n) is 13.9. The molecule has 0 spiro atoms. The average Bonchev–Trinajstić information content (AvgIpc) is 3.03. The van der Waals surface area contributed by atoms with Crippen LogP contribution < -0.4 is 5.32 Å². The predicted octanol–water partition coefficient (Wildman–Crippen LogP) is 4.76. The minimum atomic E-state index is -3.23. The molecule has 3 aromatic rings. The maximum absolute atomic E-state index is 12.2. The number of halogens is 1. The third-order valence-electron chi connectivity index (χ3n) is 3.74. The van der Waals surface area contributed by atoms with E-state index in [-0.39, 0.29) is 17.2 Å². The lowest BCUT2D eigenvalue weighted by molar-refractivity contribution is -0.115. The second-order valence-electron chi connectivity index (χ2n) is 5.85. The van der Waals surface area contributed by atoms with Gasteiger partial charge < -0.3 is 5.32 Å². The summed E-state index contributed by atoms with van der Waals surface area (Å²) in [6.45, 7) is 0. The first-order valence-corrected chi connectivity index (χ1v) is 11.3. The molecule has 26 heavy (non-hydrogen) atoms. The Kier molecular flexibility index (Phi) is 5.60. The zero-order chi connectivity index (χ0) is 18.7. The zero-order valence-corrected chi connectivity index (χ0v) is 17.1. The normalized spacial score (nSPS) is 11.3. The molecular weight excluding hydrogens is 434 g/mol. The fourth-order valence-electron chi connectivity index (χ4n) is 2.44. The topological polar surface area (TPSA) is 63.2 Å². The number of rotatable bonds is 5. The summed E-state index contributed by atoms with van der Waals surface area (Å²) in [5.41, 5.74) is 2.88. The van der Waals surface area contributed by atoms with E-state index in [2.05, 4.69) is 21.2 Å². The SMILES string of the molecule is CS(=O)(=O)c1ccc(CC(=O)Nc2cc(-c3cccc(Br)c3)cs2)cc1. The predicted molar refractivity (Wildman–Crippen MR) is 109 cm³/mol. The summed E-state index contributed by atoms with van der Waals surface area (Å²) < 4.78 is 23.9. The number of sulfone groups is 1. The van der Waals surface area contributed by atoms with Crippen LogP contribution in [0.1, 0.15) is 5.56 Å². The Morgan fingerprint density at radius 3 is 2.46 bits per heavy atom. The molecule has 0 unspecified atom stereocenters. The smallest absolute Gasteiger partial charge is 0.229 e. The fraction of sp³-hybridized carbons (Fsp3) is 0.105. The van der Waals surface area contributed by atoms with Crippen molar-refractivity contribution in [3.8, 4) is 11.1 Å². The highest BCUT2D eigenvalue weighted by Crippen LogP contribution is 2.30. The van der Waals surface area contributed by atoms with E-state index in [0.29, 0.717) is 0 Å². The van der Waals surface area contributed by atoms with Crippen LogP contribution in [0, 0.1) is 0 Å². The molecule has 0 aliphatic carbocycles. The molecule has 0 fully saturated rings. The Hall–Kier alpha value is -1.96. The number of hydrogen-bond acceptors (Lipinski definition) is 4. The van der Waals surface area contributed by atoms with E-state index in [1.807, 2.05) is 35.7 Å². The molecule has 0 aliphatic heterocycles. The van der Waals surface area contributed by atoms with Crippen molar-refractivity contribution < 1.29 is 13.2 Å². The number of benzene rings is 2. The van der Waals surface area contributed by atoms with Crippen LogP contribution >= 0.6 is 27.3 Å². The van der Waals surface area contributed by atoms with E-state index in [4.69, 9.17) is 0 Å². The van der Waals surface area contributed by atoms with Gasteiger partial charge in [-0.2, -0.15) is 0 Å². The summed E-state index contributed by atoms with van der Waals surface area (Å²) in [4.78, 5) is 12.5. The van der Waals surface area contributed by atoms with Gasteiger partial charge in [0.15, 0.2) is 9.84 Å². The Morgan fingerprint density at radius 2 is 1.81 bits per heavy atom. The Morgan fingerprint density at radius 1 is 1.08 bits per heavy atom. The second kappa shape index (κ2) is 7.73. The first-order valence-electron chi connectivity index (χ1n) is 7.74. The molecule has 0 aliphatic rings. The average molecular weight is 450 g/mol. The lowest BCUT2D eigenvalue weighted by Crippen LogP contribution is -2.13. The first-order chi connectivity index (χ1) is 12.3. The Bertz CT molecular complexity index is 1040. The molecule has 134 valence electrons. The highest BCUT2D eigenvalue weighted by Gasteiger charge is 2.10. The lowest BCUT2D eigenvalue weighted by atomic mass is 10.1. The van der Waals surface area contributed by atoms with Crippen LogP contribution in [0.2, 0.25) is 0 Å². The highest BCUT2D eigenvalue weighted by molar-refractivity contribution is 9.10. The molecule has 0 atom stereocenters. The lowest BCUT2D eigenvalue weighted by Gasteiger charge is -2.04. The van der Waals surface area contributed by atoms with E-state index < -0.39 is 9.84 Å². The van der Waals surface area contributed by atoms with E-state index in [1.165, 1.54) is 23.5 Å². The van der Waals surface area contributed by atoms with Gasteiger partial charge in [0.05, 0.1) is 16.3 Å². The quantitative estimate of drug-likeness (QED) is 0.610. The summed E-state index contributed by atoms with van der Waals surface area (Å²) in [6.07, 6.45) is 1.35. The summed E-state index contributed by atoms with van der Waals surface area (Å²) in [6, 6.07) is 16.3. The molecule has 1 amide bonds. The second-order valence-corrected chi connectivity index (χ2v) is 9.69. The van der Waals surface area contributed by atoms with Crippen LogP contribution in [0.3, 0.4) is 0 Å². The van der Waals surface area contributed by atoms with Crippen LogP contribution in [0.4, 0.5) is 5.00 Å². The number of carbonyl (C=O) groups is 1. The summed E-state index contributed by atoms with van der Waals surface area (Å²) in [7, 11) is -3.23. The van der Waals surface area contributed by atoms with Crippen molar-refractivity contribution in [2.75, 3.05) is 11.6 Å². The third kappa shape index (κ3) is 4.81. The number of nitrogens with one attached hydrogen (secondary N) is 1. The maximum atomic E-state index is 12.2. The number of hydrogen-bond donors (Lipinski definition) is 1. The van der Waals surface area contributed by atoms with E-state index in [0.717, 1.165) is 32.4 Å². The van der Waals surface area contributed by atoms with Gasteiger partial charge in [-0.05, 0) is 47.0 Å². The standard InChI is InChI=1S/C19H16BrNO3S2/c1-26(23,24)17-7-5-13(6-8-17)9-18(22)21-19-11-15(12-25-19)14-3-2-4-16(20)10-14/h2-8,10-12H,9H2,1H3,(H,21,22). The summed E-state index contributed by atoms with van der Waals surface area (Å²) >= 11 is 4.93. The van der Waals surface area contributed by atoms with E-state index in [1.54, 1.807) is 12.1 Å². The first kappa shape index (κ1) is 18.8. The van der Waals surface area contributed by atoms with Gasteiger partial charge in [-0.1, -0.05) is 40.2 Å². The van der Waals surface area contributed by atoms with Gasteiger partial charge in [-0.3, -0.25) is 4.79 Å². The molecule has 7 heteroatoms. The Balaban J connectivity index is 1.65. The molecule has 0 bridgehead atoms. The third-order valence-corrected chi connectivity index (χ3v) is 6.20. The van der Waals surface area contributed by atoms with Gasteiger partial charge in [0, 0.05) is 16.1 Å². The minimum absolute atomic E-state index is 0.139. The molecule has 3 rings (SSSR count). The highest BCUT2D eigenvalue weighted by atomic mass is 79.9. The van der Waals surface area contributed by atoms with Crippen molar-refractivity contribution in [1.29, 1.82) is 0 Å². The van der Waals surface area contributed by atoms with E-state index >= 15 is 0 Å². The van der Waals surface area contributed by atoms with Crippen LogP contribution in [-0.2, 0) is 21.1 Å². The largest absolute Gasteiger partial charge is 0.317 e.